The van der Waals surface area contributed by atoms with Crippen molar-refractivity contribution in [1.29, 1.82) is 0 Å². The molecule has 0 unspecified atom stereocenters. The molecule has 108 valence electrons. The van der Waals surface area contributed by atoms with Crippen molar-refractivity contribution >= 4 is 11.3 Å². The molecule has 5 nitrogen and oxygen atoms in total. The molecular weight excluding hydrogens is 282 g/mol. The highest BCUT2D eigenvalue weighted by atomic mass is 32.1. The Morgan fingerprint density at radius 2 is 2.10 bits per heavy atom. The molecule has 0 fully saturated rings. The standard InChI is InChI=1S/C15H17N5S/c1-4-13-16-6-5-12(19-13)14-17-7-8-20(14)11(3)15-18-10(2)9-21-15/h5-9,11H,4H2,1-3H3/t11-/m0/s1. The Hall–Kier alpha value is -2.08. The first kappa shape index (κ1) is 13.9. The molecule has 0 N–H and O–H groups in total. The van der Waals surface area contributed by atoms with E-state index in [4.69, 9.17) is 0 Å². The average Bonchev–Trinajstić information content (AvgIpc) is 3.15. The summed E-state index contributed by atoms with van der Waals surface area (Å²) in [6.45, 7) is 6.19. The SMILES string of the molecule is CCc1nccc(-c2nccn2[C@@H](C)c2nc(C)cs2)n1. The van der Waals surface area contributed by atoms with E-state index < -0.39 is 0 Å². The number of thiazole rings is 1. The topological polar surface area (TPSA) is 56.5 Å². The lowest BCUT2D eigenvalue weighted by Gasteiger charge is -2.14. The summed E-state index contributed by atoms with van der Waals surface area (Å²) < 4.78 is 2.11. The van der Waals surface area contributed by atoms with Gasteiger partial charge >= 0.3 is 0 Å². The van der Waals surface area contributed by atoms with Gasteiger partial charge in [-0.1, -0.05) is 6.92 Å². The Balaban J connectivity index is 2.00. The summed E-state index contributed by atoms with van der Waals surface area (Å²) in [4.78, 5) is 17.8. The first-order valence-corrected chi connectivity index (χ1v) is 7.84. The van der Waals surface area contributed by atoms with Crippen LogP contribution in [-0.2, 0) is 6.42 Å². The van der Waals surface area contributed by atoms with E-state index in [1.165, 1.54) is 0 Å². The molecular formula is C15H17N5S. The van der Waals surface area contributed by atoms with Crippen LogP contribution < -0.4 is 0 Å². The van der Waals surface area contributed by atoms with E-state index in [1.807, 2.05) is 26.1 Å². The molecule has 0 spiro atoms. The zero-order chi connectivity index (χ0) is 14.8. The van der Waals surface area contributed by atoms with Crippen molar-refractivity contribution in [3.05, 3.63) is 46.6 Å². The number of hydrogen-bond donors (Lipinski definition) is 0. The quantitative estimate of drug-likeness (QED) is 0.742. The Bertz CT molecular complexity index is 746. The highest BCUT2D eigenvalue weighted by Crippen LogP contribution is 2.26. The lowest BCUT2D eigenvalue weighted by atomic mass is 10.3. The van der Waals surface area contributed by atoms with Crippen LogP contribution >= 0.6 is 11.3 Å². The Kier molecular flexibility index (Phi) is 3.79. The zero-order valence-corrected chi connectivity index (χ0v) is 13.1. The van der Waals surface area contributed by atoms with Crippen LogP contribution in [0.25, 0.3) is 11.5 Å². The van der Waals surface area contributed by atoms with Gasteiger partial charge in [-0.15, -0.1) is 11.3 Å². The van der Waals surface area contributed by atoms with E-state index in [2.05, 4.69) is 36.8 Å². The third-order valence-electron chi connectivity index (χ3n) is 3.33. The first-order valence-electron chi connectivity index (χ1n) is 6.96. The van der Waals surface area contributed by atoms with Gasteiger partial charge < -0.3 is 4.57 Å². The predicted octanol–water partition coefficient (Wildman–Crippen LogP) is 3.28. The molecule has 0 bridgehead atoms. The number of imidazole rings is 1. The highest BCUT2D eigenvalue weighted by Gasteiger charge is 2.17. The van der Waals surface area contributed by atoms with E-state index in [1.54, 1.807) is 23.7 Å². The monoisotopic (exact) mass is 299 g/mol. The second-order valence-electron chi connectivity index (χ2n) is 4.87. The fraction of sp³-hybridized carbons (Fsp3) is 0.333. The van der Waals surface area contributed by atoms with E-state index >= 15 is 0 Å². The van der Waals surface area contributed by atoms with Crippen LogP contribution in [-0.4, -0.2) is 24.5 Å². The molecule has 0 aliphatic heterocycles. The molecule has 3 aromatic heterocycles. The maximum absolute atomic E-state index is 4.57. The van der Waals surface area contributed by atoms with Crippen LogP contribution in [0.15, 0.2) is 30.0 Å². The lowest BCUT2D eigenvalue weighted by Crippen LogP contribution is -2.08. The zero-order valence-electron chi connectivity index (χ0n) is 12.3. The Morgan fingerprint density at radius 3 is 2.81 bits per heavy atom. The van der Waals surface area contributed by atoms with Crippen LogP contribution in [0.2, 0.25) is 0 Å². The van der Waals surface area contributed by atoms with Crippen LogP contribution in [0.4, 0.5) is 0 Å². The van der Waals surface area contributed by atoms with Gasteiger partial charge in [0.2, 0.25) is 0 Å². The van der Waals surface area contributed by atoms with Gasteiger partial charge in [0, 0.05) is 36.1 Å². The van der Waals surface area contributed by atoms with Gasteiger partial charge in [-0.2, -0.15) is 0 Å². The largest absolute Gasteiger partial charge is 0.320 e. The molecule has 21 heavy (non-hydrogen) atoms. The summed E-state index contributed by atoms with van der Waals surface area (Å²) in [5.74, 6) is 1.69. The van der Waals surface area contributed by atoms with E-state index in [0.717, 1.165) is 34.5 Å². The molecule has 0 amide bonds. The lowest BCUT2D eigenvalue weighted by molar-refractivity contribution is 0.638. The van der Waals surface area contributed by atoms with Gasteiger partial charge in [-0.25, -0.2) is 19.9 Å². The second kappa shape index (κ2) is 5.73. The summed E-state index contributed by atoms with van der Waals surface area (Å²) in [5.41, 5.74) is 1.91. The first-order chi connectivity index (χ1) is 10.2. The van der Waals surface area contributed by atoms with Gasteiger partial charge in [-0.05, 0) is 19.9 Å². The number of hydrogen-bond acceptors (Lipinski definition) is 5. The molecule has 3 aromatic rings. The molecule has 0 saturated carbocycles. The number of aromatic nitrogens is 5. The molecule has 1 atom stereocenters. The number of nitrogens with zero attached hydrogens (tertiary/aromatic N) is 5. The smallest absolute Gasteiger partial charge is 0.159 e. The predicted molar refractivity (Wildman–Crippen MR) is 83.3 cm³/mol. The molecule has 0 saturated heterocycles. The Labute approximate surface area is 127 Å². The maximum atomic E-state index is 4.57. The second-order valence-corrected chi connectivity index (χ2v) is 5.76. The van der Waals surface area contributed by atoms with Gasteiger partial charge in [0.15, 0.2) is 5.82 Å². The van der Waals surface area contributed by atoms with Crippen LogP contribution in [0.3, 0.4) is 0 Å². The van der Waals surface area contributed by atoms with Gasteiger partial charge in [0.05, 0.1) is 6.04 Å². The third-order valence-corrected chi connectivity index (χ3v) is 4.46. The van der Waals surface area contributed by atoms with Crippen molar-refractivity contribution in [3.63, 3.8) is 0 Å². The molecule has 6 heteroatoms. The fourth-order valence-electron chi connectivity index (χ4n) is 2.20. The van der Waals surface area contributed by atoms with Gasteiger partial charge in [-0.3, -0.25) is 0 Å². The highest BCUT2D eigenvalue weighted by molar-refractivity contribution is 7.09. The average molecular weight is 299 g/mol. The van der Waals surface area contributed by atoms with Gasteiger partial charge in [0.25, 0.3) is 0 Å². The van der Waals surface area contributed by atoms with Crippen molar-refractivity contribution < 1.29 is 0 Å². The van der Waals surface area contributed by atoms with E-state index in [9.17, 15) is 0 Å². The van der Waals surface area contributed by atoms with Crippen molar-refractivity contribution in [2.45, 2.75) is 33.2 Å². The van der Waals surface area contributed by atoms with Crippen molar-refractivity contribution in [1.82, 2.24) is 24.5 Å². The molecule has 0 aromatic carbocycles. The molecule has 0 radical (unpaired) electrons. The Morgan fingerprint density at radius 1 is 1.24 bits per heavy atom. The minimum absolute atomic E-state index is 0.140. The summed E-state index contributed by atoms with van der Waals surface area (Å²) in [6, 6.07) is 2.04. The van der Waals surface area contributed by atoms with Gasteiger partial charge in [0.1, 0.15) is 16.5 Å². The van der Waals surface area contributed by atoms with Crippen LogP contribution in [0.1, 0.15) is 36.4 Å². The summed E-state index contributed by atoms with van der Waals surface area (Å²) in [7, 11) is 0. The maximum Gasteiger partial charge on any atom is 0.159 e. The van der Waals surface area contributed by atoms with Crippen molar-refractivity contribution in [2.75, 3.05) is 0 Å². The van der Waals surface area contributed by atoms with Crippen molar-refractivity contribution in [2.24, 2.45) is 0 Å². The fourth-order valence-corrected chi connectivity index (χ4v) is 3.05. The molecule has 3 heterocycles. The van der Waals surface area contributed by atoms with Crippen molar-refractivity contribution in [3.8, 4) is 11.5 Å². The minimum Gasteiger partial charge on any atom is -0.320 e. The normalized spacial score (nSPS) is 12.5. The molecule has 0 aliphatic carbocycles. The molecule has 3 rings (SSSR count). The third kappa shape index (κ3) is 2.71. The van der Waals surface area contributed by atoms with Crippen LogP contribution in [0.5, 0.6) is 0 Å². The van der Waals surface area contributed by atoms with Crippen LogP contribution in [0, 0.1) is 6.92 Å². The summed E-state index contributed by atoms with van der Waals surface area (Å²) >= 11 is 1.67. The number of rotatable bonds is 4. The van der Waals surface area contributed by atoms with E-state index in [0.29, 0.717) is 0 Å². The summed E-state index contributed by atoms with van der Waals surface area (Å²) in [6.07, 6.45) is 6.39. The van der Waals surface area contributed by atoms with E-state index in [-0.39, 0.29) is 6.04 Å². The number of aryl methyl sites for hydroxylation is 2. The minimum atomic E-state index is 0.140. The molecule has 0 aliphatic rings. The summed E-state index contributed by atoms with van der Waals surface area (Å²) in [5, 5.41) is 3.15.